The Labute approximate surface area is 179 Å². The first-order valence-electron chi connectivity index (χ1n) is 8.59. The average molecular weight is 454 g/mol. The minimum atomic E-state index is -1.21. The van der Waals surface area contributed by atoms with E-state index in [1.807, 2.05) is 0 Å². The number of nitrogens with one attached hydrogen (secondary N) is 1. The highest BCUT2D eigenvalue weighted by atomic mass is 32.2. The van der Waals surface area contributed by atoms with Gasteiger partial charge in [-0.2, -0.15) is 0 Å². The van der Waals surface area contributed by atoms with Crippen molar-refractivity contribution in [2.45, 2.75) is 11.4 Å². The fourth-order valence-corrected chi connectivity index (χ4v) is 4.83. The number of carboxylic acids is 1. The van der Waals surface area contributed by atoms with Crippen LogP contribution < -0.4 is 11.1 Å². The van der Waals surface area contributed by atoms with Crippen LogP contribution in [-0.2, 0) is 24.0 Å². The zero-order chi connectivity index (χ0) is 21.8. The molecule has 4 N–H and O–H groups in total. The number of β-lactam (4-membered cyclic amide) rings is 1. The lowest BCUT2D eigenvalue weighted by Crippen LogP contribution is -2.71. The molecule has 2 amide bonds. The molecule has 30 heavy (non-hydrogen) atoms. The second-order valence-corrected chi connectivity index (χ2v) is 8.09. The Morgan fingerprint density at radius 1 is 1.50 bits per heavy atom. The van der Waals surface area contributed by atoms with Crippen LogP contribution in [0.1, 0.15) is 5.69 Å². The van der Waals surface area contributed by atoms with E-state index in [2.05, 4.69) is 15.5 Å². The number of ether oxygens (including phenoxy) is 1. The largest absolute Gasteiger partial charge is 0.477 e. The van der Waals surface area contributed by atoms with Crippen LogP contribution in [0.15, 0.2) is 34.0 Å². The lowest BCUT2D eigenvalue weighted by atomic mass is 10.0. The predicted octanol–water partition coefficient (Wildman–Crippen LogP) is 0.0170. The standard InChI is InChI=1S/C17H19N5O6S2/c1-27-5-3-4-8-6-29-15-11(14(24)22(15)12(8)16(25)26)20-13(23)10(21-28-2)9-7-30-17(18)19-9/h3-4,7,11,15H,5-6H2,1-2H3,(H2,18,19)(H,20,23)(H,25,26)/b4-3-,21-10-. The number of hydrogen-bond donors (Lipinski definition) is 3. The zero-order valence-corrected chi connectivity index (χ0v) is 17.7. The van der Waals surface area contributed by atoms with Crippen LogP contribution >= 0.6 is 23.1 Å². The zero-order valence-electron chi connectivity index (χ0n) is 16.0. The minimum absolute atomic E-state index is 0.0975. The van der Waals surface area contributed by atoms with Gasteiger partial charge in [-0.25, -0.2) is 9.78 Å². The predicted molar refractivity (Wildman–Crippen MR) is 111 cm³/mol. The molecule has 2 aliphatic heterocycles. The van der Waals surface area contributed by atoms with Gasteiger partial charge in [0.15, 0.2) is 10.8 Å². The Morgan fingerprint density at radius 2 is 2.27 bits per heavy atom. The molecule has 0 bridgehead atoms. The van der Waals surface area contributed by atoms with Crippen molar-refractivity contribution in [1.82, 2.24) is 15.2 Å². The van der Waals surface area contributed by atoms with Crippen LogP contribution in [0, 0.1) is 0 Å². The Hall–Kier alpha value is -2.90. The fourth-order valence-electron chi connectivity index (χ4n) is 2.96. The van der Waals surface area contributed by atoms with Crippen molar-refractivity contribution in [1.29, 1.82) is 0 Å². The van der Waals surface area contributed by atoms with Gasteiger partial charge in [-0.1, -0.05) is 17.3 Å². The quantitative estimate of drug-likeness (QED) is 0.280. The maximum absolute atomic E-state index is 12.7. The first kappa shape index (κ1) is 21.8. The van der Waals surface area contributed by atoms with E-state index < -0.39 is 29.2 Å². The van der Waals surface area contributed by atoms with E-state index in [1.165, 1.54) is 30.9 Å². The fraction of sp³-hybridized carbons (Fsp3) is 0.353. The SMILES string of the molecule is COC/C=C\C1=C(C(=O)O)N2C(=O)C(NC(=O)/C(=N\OC)c3csc(N)n3)C2SC1. The van der Waals surface area contributed by atoms with Crippen LogP contribution in [0.4, 0.5) is 5.13 Å². The van der Waals surface area contributed by atoms with E-state index in [-0.39, 0.29) is 22.2 Å². The molecule has 0 aromatic carbocycles. The van der Waals surface area contributed by atoms with Crippen LogP contribution in [0.3, 0.4) is 0 Å². The number of fused-ring (bicyclic) bond motifs is 1. The van der Waals surface area contributed by atoms with E-state index in [0.717, 1.165) is 11.3 Å². The number of nitrogens with two attached hydrogens (primary N) is 1. The first-order valence-corrected chi connectivity index (χ1v) is 10.5. The number of thiazole rings is 1. The molecule has 2 atom stereocenters. The lowest BCUT2D eigenvalue weighted by molar-refractivity contribution is -0.150. The first-order chi connectivity index (χ1) is 14.4. The number of nitrogen functional groups attached to an aromatic ring is 1. The van der Waals surface area contributed by atoms with Gasteiger partial charge >= 0.3 is 5.97 Å². The molecule has 2 unspecified atom stereocenters. The van der Waals surface area contributed by atoms with Crippen molar-refractivity contribution in [2.24, 2.45) is 5.16 Å². The number of aromatic nitrogens is 1. The number of oxime groups is 1. The number of nitrogens with zero attached hydrogens (tertiary/aromatic N) is 3. The molecule has 11 nitrogen and oxygen atoms in total. The number of carbonyl (C=O) groups is 3. The molecule has 0 aliphatic carbocycles. The molecule has 13 heteroatoms. The van der Waals surface area contributed by atoms with Crippen molar-refractivity contribution in [3.05, 3.63) is 34.5 Å². The second kappa shape index (κ2) is 9.28. The molecule has 3 rings (SSSR count). The van der Waals surface area contributed by atoms with Gasteiger partial charge in [-0.15, -0.1) is 23.1 Å². The number of allylic oxidation sites excluding steroid dienone is 1. The Morgan fingerprint density at radius 3 is 2.87 bits per heavy atom. The Bertz CT molecular complexity index is 956. The highest BCUT2D eigenvalue weighted by Crippen LogP contribution is 2.40. The summed E-state index contributed by atoms with van der Waals surface area (Å²) in [4.78, 5) is 47.1. The Balaban J connectivity index is 1.78. The third-order valence-corrected chi connectivity index (χ3v) is 6.21. The lowest BCUT2D eigenvalue weighted by Gasteiger charge is -2.49. The summed E-state index contributed by atoms with van der Waals surface area (Å²) in [6, 6.07) is -0.903. The third kappa shape index (κ3) is 4.17. The maximum atomic E-state index is 12.7. The maximum Gasteiger partial charge on any atom is 0.352 e. The summed E-state index contributed by atoms with van der Waals surface area (Å²) < 4.78 is 4.93. The second-order valence-electron chi connectivity index (χ2n) is 6.09. The van der Waals surface area contributed by atoms with Crippen LogP contribution in [0.2, 0.25) is 0 Å². The van der Waals surface area contributed by atoms with Gasteiger partial charge in [0.1, 0.15) is 29.9 Å². The van der Waals surface area contributed by atoms with E-state index >= 15 is 0 Å². The van der Waals surface area contributed by atoms with Gasteiger partial charge in [-0.05, 0) is 5.57 Å². The van der Waals surface area contributed by atoms with Gasteiger partial charge in [0.25, 0.3) is 11.8 Å². The summed E-state index contributed by atoms with van der Waals surface area (Å²) in [6.45, 7) is 0.319. The number of hydrogen-bond acceptors (Lipinski definition) is 10. The highest BCUT2D eigenvalue weighted by Gasteiger charge is 2.54. The van der Waals surface area contributed by atoms with E-state index in [0.29, 0.717) is 17.9 Å². The topological polar surface area (TPSA) is 156 Å². The number of thioether (sulfide) groups is 1. The average Bonchev–Trinajstić information content (AvgIpc) is 3.15. The summed E-state index contributed by atoms with van der Waals surface area (Å²) >= 11 is 2.48. The summed E-state index contributed by atoms with van der Waals surface area (Å²) in [5.74, 6) is -2.04. The molecule has 0 saturated carbocycles. The number of anilines is 1. The number of rotatable bonds is 8. The molecule has 2 aliphatic rings. The van der Waals surface area contributed by atoms with Crippen LogP contribution in [-0.4, -0.2) is 76.5 Å². The highest BCUT2D eigenvalue weighted by molar-refractivity contribution is 8.00. The van der Waals surface area contributed by atoms with Crippen molar-refractivity contribution in [3.8, 4) is 0 Å². The number of methoxy groups -OCH3 is 1. The van der Waals surface area contributed by atoms with Gasteiger partial charge in [0.2, 0.25) is 0 Å². The molecule has 1 saturated heterocycles. The molecular weight excluding hydrogens is 434 g/mol. The number of aliphatic carboxylic acids is 1. The molecule has 1 fully saturated rings. The monoisotopic (exact) mass is 453 g/mol. The molecule has 3 heterocycles. The summed E-state index contributed by atoms with van der Waals surface area (Å²) in [5, 5.41) is 17.1. The van der Waals surface area contributed by atoms with Crippen LogP contribution in [0.5, 0.6) is 0 Å². The number of carboxylic acid groups (broad SMARTS) is 1. The summed E-state index contributed by atoms with van der Waals surface area (Å²) in [6.07, 6.45) is 3.31. The van der Waals surface area contributed by atoms with Crippen molar-refractivity contribution in [3.63, 3.8) is 0 Å². The third-order valence-electron chi connectivity index (χ3n) is 4.23. The molecule has 0 spiro atoms. The molecule has 1 aromatic heterocycles. The molecule has 1 aromatic rings. The van der Waals surface area contributed by atoms with E-state index in [4.69, 9.17) is 15.3 Å². The van der Waals surface area contributed by atoms with E-state index in [1.54, 1.807) is 17.5 Å². The normalized spacial score (nSPS) is 21.5. The van der Waals surface area contributed by atoms with Gasteiger partial charge < -0.3 is 25.7 Å². The number of amides is 2. The van der Waals surface area contributed by atoms with Gasteiger partial charge in [-0.3, -0.25) is 14.5 Å². The summed E-state index contributed by atoms with van der Waals surface area (Å²) in [7, 11) is 2.80. The minimum Gasteiger partial charge on any atom is -0.477 e. The molecule has 0 radical (unpaired) electrons. The van der Waals surface area contributed by atoms with Crippen molar-refractivity contribution in [2.75, 3.05) is 32.3 Å². The summed E-state index contributed by atoms with van der Waals surface area (Å²) in [5.41, 5.74) is 6.09. The smallest absolute Gasteiger partial charge is 0.352 e. The van der Waals surface area contributed by atoms with Crippen LogP contribution in [0.25, 0.3) is 0 Å². The molecule has 160 valence electrons. The molecular formula is C17H19N5O6S2. The van der Waals surface area contributed by atoms with Gasteiger partial charge in [0, 0.05) is 18.2 Å². The number of carbonyl (C=O) groups excluding carboxylic acids is 2. The van der Waals surface area contributed by atoms with Crippen molar-refractivity contribution < 1.29 is 29.1 Å². The Kier molecular flexibility index (Phi) is 6.74. The van der Waals surface area contributed by atoms with E-state index in [9.17, 15) is 19.5 Å². The van der Waals surface area contributed by atoms with Crippen molar-refractivity contribution >= 4 is 51.7 Å². The van der Waals surface area contributed by atoms with Gasteiger partial charge in [0.05, 0.1) is 6.61 Å².